The molecule has 0 aromatic heterocycles. The number of carboxylic acid groups (broad SMARTS) is 1. The van der Waals surface area contributed by atoms with Gasteiger partial charge in [0.25, 0.3) is 0 Å². The molecule has 0 saturated carbocycles. The molecule has 0 heterocycles. The topological polar surface area (TPSA) is 134 Å². The summed E-state index contributed by atoms with van der Waals surface area (Å²) in [4.78, 5) is 52.3. The standard InChI is InChI=1S/C28H45N3O7/c1-9-19(6)25(21(37-8)15-22(32)33)31(7)27(35)24(18(4)5)29-26(34)23(17(2)3)30-28(36)38-16-20-13-11-10-12-14-20/h10-14,17-19,21,23-25H,9,15-16H2,1-8H3,(H,29,34)(H,30,36)(H,32,33)/t19-,21+,23-,24-,25-/m0/s1. The molecule has 10 heteroatoms. The largest absolute Gasteiger partial charge is 0.481 e. The summed E-state index contributed by atoms with van der Waals surface area (Å²) in [7, 11) is 3.03. The average molecular weight is 536 g/mol. The van der Waals surface area contributed by atoms with Crippen LogP contribution < -0.4 is 10.6 Å². The Bertz CT molecular complexity index is 907. The van der Waals surface area contributed by atoms with Crippen LogP contribution in [-0.2, 0) is 30.5 Å². The van der Waals surface area contributed by atoms with E-state index in [1.54, 1.807) is 20.9 Å². The lowest BCUT2D eigenvalue weighted by molar-refractivity contribution is -0.148. The first-order chi connectivity index (χ1) is 17.8. The van der Waals surface area contributed by atoms with Crippen molar-refractivity contribution < 1.29 is 33.8 Å². The van der Waals surface area contributed by atoms with Gasteiger partial charge in [0.05, 0.1) is 18.6 Å². The quantitative estimate of drug-likeness (QED) is 0.313. The van der Waals surface area contributed by atoms with E-state index >= 15 is 0 Å². The number of hydrogen-bond donors (Lipinski definition) is 3. The highest BCUT2D eigenvalue weighted by atomic mass is 16.5. The lowest BCUT2D eigenvalue weighted by atomic mass is 9.90. The van der Waals surface area contributed by atoms with Crippen LogP contribution in [0.2, 0.25) is 0 Å². The summed E-state index contributed by atoms with van der Waals surface area (Å²) in [5.74, 6) is -2.50. The number of likely N-dealkylation sites (N-methyl/N-ethyl adjacent to an activating group) is 1. The maximum atomic E-state index is 13.7. The van der Waals surface area contributed by atoms with Crippen LogP contribution in [0.5, 0.6) is 0 Å². The number of rotatable bonds is 15. The number of amides is 3. The number of carboxylic acids is 1. The molecule has 214 valence electrons. The third-order valence-corrected chi connectivity index (χ3v) is 6.75. The molecule has 1 rings (SSSR count). The molecule has 0 saturated heterocycles. The fraction of sp³-hybridized carbons (Fsp3) is 0.643. The highest BCUT2D eigenvalue weighted by molar-refractivity contribution is 5.91. The van der Waals surface area contributed by atoms with E-state index in [9.17, 15) is 24.3 Å². The first-order valence-corrected chi connectivity index (χ1v) is 13.1. The number of methoxy groups -OCH3 is 1. The van der Waals surface area contributed by atoms with Gasteiger partial charge in [0.15, 0.2) is 0 Å². The zero-order valence-electron chi connectivity index (χ0n) is 23.9. The van der Waals surface area contributed by atoms with E-state index in [1.165, 1.54) is 12.0 Å². The summed E-state index contributed by atoms with van der Waals surface area (Å²) in [5, 5.41) is 14.8. The molecule has 0 unspecified atom stereocenters. The van der Waals surface area contributed by atoms with E-state index in [-0.39, 0.29) is 36.7 Å². The maximum absolute atomic E-state index is 13.7. The Kier molecular flexibility index (Phi) is 13.8. The van der Waals surface area contributed by atoms with Crippen molar-refractivity contribution in [2.75, 3.05) is 14.2 Å². The Labute approximate surface area is 226 Å². The van der Waals surface area contributed by atoms with Gasteiger partial charge in [-0.1, -0.05) is 78.3 Å². The Morgan fingerprint density at radius 1 is 0.947 bits per heavy atom. The molecule has 1 aromatic carbocycles. The number of carbonyl (C=O) groups excluding carboxylic acids is 3. The number of alkyl carbamates (subject to hydrolysis) is 1. The molecule has 0 fully saturated rings. The Balaban J connectivity index is 3.03. The van der Waals surface area contributed by atoms with Crippen molar-refractivity contribution >= 4 is 23.9 Å². The molecule has 0 aliphatic rings. The minimum absolute atomic E-state index is 0.0544. The van der Waals surface area contributed by atoms with Crippen LogP contribution in [0.1, 0.15) is 59.9 Å². The first-order valence-electron chi connectivity index (χ1n) is 13.1. The molecular formula is C28H45N3O7. The van der Waals surface area contributed by atoms with Gasteiger partial charge in [0, 0.05) is 14.2 Å². The maximum Gasteiger partial charge on any atom is 0.408 e. The fourth-order valence-electron chi connectivity index (χ4n) is 4.30. The van der Waals surface area contributed by atoms with Crippen molar-refractivity contribution in [2.24, 2.45) is 17.8 Å². The van der Waals surface area contributed by atoms with Gasteiger partial charge in [-0.2, -0.15) is 0 Å². The van der Waals surface area contributed by atoms with Gasteiger partial charge in [0.2, 0.25) is 11.8 Å². The molecule has 0 aliphatic carbocycles. The van der Waals surface area contributed by atoms with Gasteiger partial charge in [-0.15, -0.1) is 0 Å². The predicted octanol–water partition coefficient (Wildman–Crippen LogP) is 3.44. The molecule has 3 amide bonds. The second kappa shape index (κ2) is 16.0. The van der Waals surface area contributed by atoms with Crippen LogP contribution in [0, 0.1) is 17.8 Å². The third kappa shape index (κ3) is 9.96. The fourth-order valence-corrected chi connectivity index (χ4v) is 4.30. The van der Waals surface area contributed by atoms with Crippen molar-refractivity contribution in [1.82, 2.24) is 15.5 Å². The zero-order chi connectivity index (χ0) is 29.0. The summed E-state index contributed by atoms with van der Waals surface area (Å²) in [6, 6.07) is 6.84. The molecule has 0 spiro atoms. The molecule has 0 radical (unpaired) electrons. The van der Waals surface area contributed by atoms with E-state index < -0.39 is 42.2 Å². The van der Waals surface area contributed by atoms with Crippen molar-refractivity contribution in [3.63, 3.8) is 0 Å². The van der Waals surface area contributed by atoms with E-state index in [2.05, 4.69) is 10.6 Å². The summed E-state index contributed by atoms with van der Waals surface area (Å²) < 4.78 is 10.8. The normalized spacial score (nSPS) is 15.2. The minimum Gasteiger partial charge on any atom is -0.481 e. The molecule has 5 atom stereocenters. The van der Waals surface area contributed by atoms with Crippen LogP contribution >= 0.6 is 0 Å². The molecule has 1 aromatic rings. The number of ether oxygens (including phenoxy) is 2. The highest BCUT2D eigenvalue weighted by Crippen LogP contribution is 2.23. The van der Waals surface area contributed by atoms with Gasteiger partial charge >= 0.3 is 12.1 Å². The number of nitrogens with zero attached hydrogens (tertiary/aromatic N) is 1. The van der Waals surface area contributed by atoms with Gasteiger partial charge < -0.3 is 30.1 Å². The van der Waals surface area contributed by atoms with Crippen LogP contribution in [0.4, 0.5) is 4.79 Å². The van der Waals surface area contributed by atoms with Crippen molar-refractivity contribution in [3.8, 4) is 0 Å². The number of benzene rings is 1. The van der Waals surface area contributed by atoms with Crippen LogP contribution in [0.25, 0.3) is 0 Å². The summed E-state index contributed by atoms with van der Waals surface area (Å²) in [6.45, 7) is 11.1. The molecule has 38 heavy (non-hydrogen) atoms. The third-order valence-electron chi connectivity index (χ3n) is 6.75. The van der Waals surface area contributed by atoms with E-state index in [1.807, 2.05) is 58.0 Å². The monoisotopic (exact) mass is 535 g/mol. The SMILES string of the molecule is CC[C@H](C)[C@@H]([C@@H](CC(=O)O)OC)N(C)C(=O)[C@@H](NC(=O)[C@@H](NC(=O)OCc1ccccc1)C(C)C)C(C)C. The Morgan fingerprint density at radius 3 is 2.00 bits per heavy atom. The Morgan fingerprint density at radius 2 is 1.53 bits per heavy atom. The molecular weight excluding hydrogens is 490 g/mol. The van der Waals surface area contributed by atoms with Crippen molar-refractivity contribution in [3.05, 3.63) is 35.9 Å². The first kappa shape index (κ1) is 32.9. The summed E-state index contributed by atoms with van der Waals surface area (Å²) in [6.07, 6.45) is -1.01. The van der Waals surface area contributed by atoms with Crippen LogP contribution in [-0.4, -0.2) is 72.3 Å². The Hall–Kier alpha value is -3.14. The average Bonchev–Trinajstić information content (AvgIpc) is 2.87. The van der Waals surface area contributed by atoms with E-state index in [0.717, 1.165) is 5.56 Å². The highest BCUT2D eigenvalue weighted by Gasteiger charge is 2.38. The smallest absolute Gasteiger partial charge is 0.408 e. The second-order valence-electron chi connectivity index (χ2n) is 10.4. The van der Waals surface area contributed by atoms with E-state index in [4.69, 9.17) is 9.47 Å². The molecule has 3 N–H and O–H groups in total. The van der Waals surface area contributed by atoms with Crippen molar-refractivity contribution in [1.29, 1.82) is 0 Å². The predicted molar refractivity (Wildman–Crippen MR) is 144 cm³/mol. The van der Waals surface area contributed by atoms with Crippen LogP contribution in [0.15, 0.2) is 30.3 Å². The number of carbonyl (C=O) groups is 4. The van der Waals surface area contributed by atoms with Gasteiger partial charge in [-0.3, -0.25) is 14.4 Å². The minimum atomic E-state index is -1.02. The molecule has 0 bridgehead atoms. The second-order valence-corrected chi connectivity index (χ2v) is 10.4. The zero-order valence-corrected chi connectivity index (χ0v) is 23.9. The lowest BCUT2D eigenvalue weighted by Gasteiger charge is -2.39. The summed E-state index contributed by atoms with van der Waals surface area (Å²) >= 11 is 0. The van der Waals surface area contributed by atoms with Gasteiger partial charge in [-0.05, 0) is 23.3 Å². The lowest BCUT2D eigenvalue weighted by Crippen LogP contribution is -2.60. The number of aliphatic carboxylic acids is 1. The van der Waals surface area contributed by atoms with Crippen LogP contribution in [0.3, 0.4) is 0 Å². The number of hydrogen-bond acceptors (Lipinski definition) is 6. The number of nitrogens with one attached hydrogen (secondary N) is 2. The summed E-state index contributed by atoms with van der Waals surface area (Å²) in [5.41, 5.74) is 0.815. The molecule has 10 nitrogen and oxygen atoms in total. The van der Waals surface area contributed by atoms with Crippen molar-refractivity contribution in [2.45, 2.75) is 85.2 Å². The van der Waals surface area contributed by atoms with Gasteiger partial charge in [0.1, 0.15) is 18.7 Å². The van der Waals surface area contributed by atoms with Gasteiger partial charge in [-0.25, -0.2) is 4.79 Å². The van der Waals surface area contributed by atoms with E-state index in [0.29, 0.717) is 6.42 Å². The molecule has 0 aliphatic heterocycles.